The van der Waals surface area contributed by atoms with E-state index in [1.807, 2.05) is 0 Å². The first kappa shape index (κ1) is 17.2. The number of rotatable bonds is 10. The quantitative estimate of drug-likeness (QED) is 0.630. The zero-order valence-corrected chi connectivity index (χ0v) is 13.9. The van der Waals surface area contributed by atoms with E-state index >= 15 is 0 Å². The fourth-order valence-corrected chi connectivity index (χ4v) is 3.96. The van der Waals surface area contributed by atoms with Gasteiger partial charge >= 0.3 is 0 Å². The predicted octanol–water partition coefficient (Wildman–Crippen LogP) is 2.76. The van der Waals surface area contributed by atoms with Gasteiger partial charge in [-0.05, 0) is 32.2 Å². The van der Waals surface area contributed by atoms with Crippen LogP contribution in [0.4, 0.5) is 0 Å². The summed E-state index contributed by atoms with van der Waals surface area (Å²) < 4.78 is 16.6. The molecule has 2 aliphatic carbocycles. The topological polar surface area (TPSA) is 39.7 Å². The number of hydrogen-bond donors (Lipinski definition) is 1. The molecule has 4 heteroatoms. The average molecular weight is 299 g/mol. The molecule has 0 aromatic rings. The molecule has 0 amide bonds. The highest BCUT2D eigenvalue weighted by atomic mass is 16.5. The van der Waals surface area contributed by atoms with Crippen LogP contribution in [0, 0.1) is 5.41 Å². The molecule has 0 aromatic heterocycles. The molecule has 0 radical (unpaired) electrons. The highest BCUT2D eigenvalue weighted by Crippen LogP contribution is 2.53. The molecule has 0 aliphatic heterocycles. The van der Waals surface area contributed by atoms with Crippen molar-refractivity contribution in [3.8, 4) is 0 Å². The van der Waals surface area contributed by atoms with Crippen molar-refractivity contribution in [2.24, 2.45) is 5.41 Å². The summed E-state index contributed by atoms with van der Waals surface area (Å²) in [5.41, 5.74) is 0.417. The minimum Gasteiger partial charge on any atom is -0.382 e. The summed E-state index contributed by atoms with van der Waals surface area (Å²) in [6, 6.07) is 0.678. The van der Waals surface area contributed by atoms with Crippen molar-refractivity contribution in [1.29, 1.82) is 0 Å². The van der Waals surface area contributed by atoms with Crippen molar-refractivity contribution >= 4 is 0 Å². The van der Waals surface area contributed by atoms with Crippen molar-refractivity contribution in [3.63, 3.8) is 0 Å². The predicted molar refractivity (Wildman–Crippen MR) is 84.7 cm³/mol. The average Bonchev–Trinajstić information content (AvgIpc) is 2.53. The Bertz CT molecular complexity index is 279. The maximum Gasteiger partial charge on any atom is 0.0704 e. The fourth-order valence-electron chi connectivity index (χ4n) is 3.96. The molecule has 0 saturated heterocycles. The Morgan fingerprint density at radius 2 is 1.81 bits per heavy atom. The Morgan fingerprint density at radius 1 is 1.05 bits per heavy atom. The molecule has 21 heavy (non-hydrogen) atoms. The Balaban J connectivity index is 1.71. The molecule has 2 fully saturated rings. The second-order valence-corrected chi connectivity index (χ2v) is 6.50. The van der Waals surface area contributed by atoms with Crippen LogP contribution in [0.1, 0.15) is 51.9 Å². The largest absolute Gasteiger partial charge is 0.382 e. The lowest BCUT2D eigenvalue weighted by Crippen LogP contribution is -2.64. The Morgan fingerprint density at radius 3 is 2.52 bits per heavy atom. The van der Waals surface area contributed by atoms with E-state index in [2.05, 4.69) is 12.2 Å². The van der Waals surface area contributed by atoms with Crippen LogP contribution >= 0.6 is 0 Å². The van der Waals surface area contributed by atoms with Crippen LogP contribution in [-0.4, -0.2) is 52.2 Å². The molecule has 2 unspecified atom stereocenters. The molecule has 2 saturated carbocycles. The van der Waals surface area contributed by atoms with Gasteiger partial charge in [0.05, 0.1) is 32.5 Å². The summed E-state index contributed by atoms with van der Waals surface area (Å²) in [5.74, 6) is 0. The summed E-state index contributed by atoms with van der Waals surface area (Å²) >= 11 is 0. The Labute approximate surface area is 129 Å². The van der Waals surface area contributed by atoms with E-state index in [4.69, 9.17) is 14.2 Å². The lowest BCUT2D eigenvalue weighted by molar-refractivity contribution is -0.159. The van der Waals surface area contributed by atoms with Gasteiger partial charge in [0.25, 0.3) is 0 Å². The maximum absolute atomic E-state index is 6.16. The van der Waals surface area contributed by atoms with E-state index in [9.17, 15) is 0 Å². The van der Waals surface area contributed by atoms with E-state index in [0.29, 0.717) is 37.4 Å². The molecule has 1 N–H and O–H groups in total. The van der Waals surface area contributed by atoms with Crippen LogP contribution in [0.15, 0.2) is 0 Å². The molecule has 2 rings (SSSR count). The Hall–Kier alpha value is -0.160. The van der Waals surface area contributed by atoms with Crippen molar-refractivity contribution in [2.75, 3.05) is 40.1 Å². The third-order valence-electron chi connectivity index (χ3n) is 5.19. The van der Waals surface area contributed by atoms with Gasteiger partial charge in [0.1, 0.15) is 0 Å². The van der Waals surface area contributed by atoms with Gasteiger partial charge in [-0.25, -0.2) is 0 Å². The Kier molecular flexibility index (Phi) is 7.44. The summed E-state index contributed by atoms with van der Waals surface area (Å²) in [6.45, 7) is 6.11. The number of nitrogens with one attached hydrogen (secondary N) is 1. The minimum absolute atomic E-state index is 0.417. The van der Waals surface area contributed by atoms with Gasteiger partial charge in [-0.1, -0.05) is 26.2 Å². The van der Waals surface area contributed by atoms with Crippen molar-refractivity contribution in [2.45, 2.75) is 64.0 Å². The normalized spacial score (nSPS) is 27.7. The van der Waals surface area contributed by atoms with Crippen molar-refractivity contribution in [1.82, 2.24) is 5.32 Å². The molecule has 0 bridgehead atoms. The molecule has 0 aromatic carbocycles. The zero-order chi connectivity index (χ0) is 15.0. The van der Waals surface area contributed by atoms with Gasteiger partial charge < -0.3 is 19.5 Å². The lowest BCUT2D eigenvalue weighted by Gasteiger charge is -2.58. The van der Waals surface area contributed by atoms with Crippen LogP contribution in [0.3, 0.4) is 0 Å². The summed E-state index contributed by atoms with van der Waals surface area (Å²) in [4.78, 5) is 0. The van der Waals surface area contributed by atoms with Crippen LogP contribution < -0.4 is 5.32 Å². The third-order valence-corrected chi connectivity index (χ3v) is 5.19. The molecule has 0 heterocycles. The van der Waals surface area contributed by atoms with E-state index in [1.54, 1.807) is 7.11 Å². The second kappa shape index (κ2) is 9.09. The number of ether oxygens (including phenoxy) is 3. The van der Waals surface area contributed by atoms with Crippen LogP contribution in [-0.2, 0) is 14.2 Å². The highest BCUT2D eigenvalue weighted by molar-refractivity contribution is 5.08. The summed E-state index contributed by atoms with van der Waals surface area (Å²) in [6.07, 6.45) is 9.65. The standard InChI is InChI=1S/C17H33NO3/c1-3-9-18-15-14-16(17(15)7-5-4-6-8-17)21-13-12-20-11-10-19-2/h15-16,18H,3-14H2,1-2H3. The van der Waals surface area contributed by atoms with Gasteiger partial charge in [-0.2, -0.15) is 0 Å². The van der Waals surface area contributed by atoms with Gasteiger partial charge in [-0.3, -0.25) is 0 Å². The van der Waals surface area contributed by atoms with E-state index in [-0.39, 0.29) is 0 Å². The third kappa shape index (κ3) is 4.41. The van der Waals surface area contributed by atoms with E-state index < -0.39 is 0 Å². The minimum atomic E-state index is 0.417. The summed E-state index contributed by atoms with van der Waals surface area (Å²) in [5, 5.41) is 3.75. The molecule has 2 aliphatic rings. The SMILES string of the molecule is CCCNC1CC(OCCOCCOC)C12CCCCC2. The first-order chi connectivity index (χ1) is 10.3. The first-order valence-corrected chi connectivity index (χ1v) is 8.75. The molecule has 124 valence electrons. The van der Waals surface area contributed by atoms with Crippen LogP contribution in [0.5, 0.6) is 0 Å². The number of methoxy groups -OCH3 is 1. The highest BCUT2D eigenvalue weighted by Gasteiger charge is 2.55. The van der Waals surface area contributed by atoms with Gasteiger partial charge in [0.15, 0.2) is 0 Å². The first-order valence-electron chi connectivity index (χ1n) is 8.75. The summed E-state index contributed by atoms with van der Waals surface area (Å²) in [7, 11) is 1.70. The van der Waals surface area contributed by atoms with Crippen molar-refractivity contribution < 1.29 is 14.2 Å². The van der Waals surface area contributed by atoms with Crippen LogP contribution in [0.25, 0.3) is 0 Å². The second-order valence-electron chi connectivity index (χ2n) is 6.50. The molecule has 4 nitrogen and oxygen atoms in total. The van der Waals surface area contributed by atoms with E-state index in [1.165, 1.54) is 44.9 Å². The lowest BCUT2D eigenvalue weighted by atomic mass is 9.55. The van der Waals surface area contributed by atoms with Crippen molar-refractivity contribution in [3.05, 3.63) is 0 Å². The zero-order valence-electron chi connectivity index (χ0n) is 13.9. The van der Waals surface area contributed by atoms with Gasteiger partial charge in [-0.15, -0.1) is 0 Å². The molecule has 1 spiro atoms. The maximum atomic E-state index is 6.16. The molecular weight excluding hydrogens is 266 g/mol. The fraction of sp³-hybridized carbons (Fsp3) is 1.00. The number of hydrogen-bond acceptors (Lipinski definition) is 4. The molecular formula is C17H33NO3. The van der Waals surface area contributed by atoms with Gasteiger partial charge in [0.2, 0.25) is 0 Å². The van der Waals surface area contributed by atoms with E-state index in [0.717, 1.165) is 13.2 Å². The van der Waals surface area contributed by atoms with Gasteiger partial charge in [0, 0.05) is 18.6 Å². The monoisotopic (exact) mass is 299 g/mol. The van der Waals surface area contributed by atoms with Crippen LogP contribution in [0.2, 0.25) is 0 Å². The smallest absolute Gasteiger partial charge is 0.0704 e. The molecule has 2 atom stereocenters.